The zero-order valence-corrected chi connectivity index (χ0v) is 30.0. The Balaban J connectivity index is 0.997. The summed E-state index contributed by atoms with van der Waals surface area (Å²) in [5.41, 5.74) is 14.5. The van der Waals surface area contributed by atoms with Crippen molar-refractivity contribution in [3.63, 3.8) is 0 Å². The molecule has 53 heavy (non-hydrogen) atoms. The number of rotatable bonds is 6. The molecule has 3 unspecified atom stereocenters. The Hall–Kier alpha value is -5.86. The lowest BCUT2D eigenvalue weighted by Gasteiger charge is -2.32. The van der Waals surface area contributed by atoms with Gasteiger partial charge in [0.25, 0.3) is 0 Å². The van der Waals surface area contributed by atoms with Crippen molar-refractivity contribution in [1.82, 2.24) is 0 Å². The van der Waals surface area contributed by atoms with Crippen molar-refractivity contribution in [2.75, 3.05) is 4.90 Å². The quantitative estimate of drug-likeness (QED) is 0.176. The van der Waals surface area contributed by atoms with Crippen LogP contribution < -0.4 is 9.64 Å². The normalized spacial score (nSPS) is 21.3. The SMILES string of the molecule is C1=CC2Oc3ccc4cc(-c5ccc(N(C6=CCC(C7=CCCC8=C7CCCC=C8)C=C6)c6ccccc6-c6ccccc6)cc5)ccc4c3C2C=C1. The zero-order chi connectivity index (χ0) is 35.1. The van der Waals surface area contributed by atoms with Crippen molar-refractivity contribution >= 4 is 22.1 Å². The number of benzene rings is 5. The Bertz CT molecular complexity index is 2430. The summed E-state index contributed by atoms with van der Waals surface area (Å²) in [4.78, 5) is 2.46. The van der Waals surface area contributed by atoms with Gasteiger partial charge in [-0.05, 0) is 125 Å². The third-order valence-corrected chi connectivity index (χ3v) is 11.8. The lowest BCUT2D eigenvalue weighted by Crippen LogP contribution is -2.19. The van der Waals surface area contributed by atoms with E-state index in [1.54, 1.807) is 16.7 Å². The average Bonchev–Trinajstić information content (AvgIpc) is 3.44. The van der Waals surface area contributed by atoms with E-state index >= 15 is 0 Å². The van der Waals surface area contributed by atoms with Crippen LogP contribution in [-0.2, 0) is 0 Å². The fourth-order valence-corrected chi connectivity index (χ4v) is 9.16. The van der Waals surface area contributed by atoms with Gasteiger partial charge in [0.05, 0.1) is 5.69 Å². The second-order valence-corrected chi connectivity index (χ2v) is 14.9. The van der Waals surface area contributed by atoms with Gasteiger partial charge in [0.15, 0.2) is 0 Å². The van der Waals surface area contributed by atoms with Gasteiger partial charge >= 0.3 is 0 Å². The van der Waals surface area contributed by atoms with Gasteiger partial charge in [-0.2, -0.15) is 0 Å². The van der Waals surface area contributed by atoms with Crippen LogP contribution in [0.3, 0.4) is 0 Å². The molecule has 0 bridgehead atoms. The van der Waals surface area contributed by atoms with E-state index in [2.05, 4.69) is 175 Å². The molecule has 1 heterocycles. The second-order valence-electron chi connectivity index (χ2n) is 14.9. The molecule has 0 saturated carbocycles. The smallest absolute Gasteiger partial charge is 0.128 e. The van der Waals surface area contributed by atoms with Crippen LogP contribution in [0.15, 0.2) is 192 Å². The number of anilines is 2. The van der Waals surface area contributed by atoms with Gasteiger partial charge in [0, 0.05) is 34.3 Å². The number of para-hydroxylation sites is 1. The molecule has 0 aromatic heterocycles. The van der Waals surface area contributed by atoms with E-state index in [0.29, 0.717) is 5.92 Å². The summed E-state index contributed by atoms with van der Waals surface area (Å²) in [5.74, 6) is 1.70. The molecule has 0 radical (unpaired) electrons. The summed E-state index contributed by atoms with van der Waals surface area (Å²) in [6.07, 6.45) is 30.4. The van der Waals surface area contributed by atoms with Gasteiger partial charge < -0.3 is 9.64 Å². The predicted molar refractivity (Wildman–Crippen MR) is 222 cm³/mol. The Morgan fingerprint density at radius 1 is 0.660 bits per heavy atom. The van der Waals surface area contributed by atoms with Crippen LogP contribution in [0.2, 0.25) is 0 Å². The highest BCUT2D eigenvalue weighted by atomic mass is 16.5. The number of hydrogen-bond donors (Lipinski definition) is 0. The first kappa shape index (κ1) is 31.8. The van der Waals surface area contributed by atoms with Crippen LogP contribution >= 0.6 is 0 Å². The van der Waals surface area contributed by atoms with E-state index in [1.807, 2.05) is 0 Å². The molecule has 1 aliphatic heterocycles. The largest absolute Gasteiger partial charge is 0.485 e. The van der Waals surface area contributed by atoms with E-state index in [-0.39, 0.29) is 12.0 Å². The number of fused-ring (bicyclic) bond motifs is 5. The van der Waals surface area contributed by atoms with Crippen LogP contribution in [0, 0.1) is 5.92 Å². The van der Waals surface area contributed by atoms with Gasteiger partial charge in [-0.1, -0.05) is 127 Å². The van der Waals surface area contributed by atoms with Crippen molar-refractivity contribution in [2.24, 2.45) is 5.92 Å². The van der Waals surface area contributed by atoms with Gasteiger partial charge in [0.1, 0.15) is 11.9 Å². The van der Waals surface area contributed by atoms with Crippen LogP contribution in [0.5, 0.6) is 5.75 Å². The van der Waals surface area contributed by atoms with Gasteiger partial charge in [-0.25, -0.2) is 0 Å². The molecule has 0 spiro atoms. The molecule has 5 aliphatic rings. The first-order chi connectivity index (χ1) is 26.3. The maximum Gasteiger partial charge on any atom is 0.128 e. The van der Waals surface area contributed by atoms with E-state index in [1.165, 1.54) is 75.7 Å². The first-order valence-corrected chi connectivity index (χ1v) is 19.4. The fraction of sp³-hybridized carbons (Fsp3) is 0.176. The van der Waals surface area contributed by atoms with Crippen LogP contribution in [0.4, 0.5) is 11.4 Å². The standard InChI is InChI=1S/C51H43NO/c1-3-13-37(14-4-1)45-17-7-9-20-48(45)52(42-30-24-38(25-31-42)44-19-11-15-36-12-5-2-6-16-43(36)44)41-28-22-35(23-29-41)39-26-32-46-40(34-39)27-33-50-51(46)47-18-8-10-21-49(47)53-50/h1,3-5,7-10,12-14,17-24,26-34,38,47,49H,2,6,11,15-16,25H2. The molecular weight excluding hydrogens is 643 g/mol. The zero-order valence-electron chi connectivity index (χ0n) is 30.0. The molecule has 10 rings (SSSR count). The van der Waals surface area contributed by atoms with Gasteiger partial charge in [0.2, 0.25) is 0 Å². The molecule has 2 heteroatoms. The second kappa shape index (κ2) is 13.6. The summed E-state index contributed by atoms with van der Waals surface area (Å²) in [6, 6.07) is 40.0. The Kier molecular flexibility index (Phi) is 8.17. The van der Waals surface area contributed by atoms with E-state index in [0.717, 1.165) is 24.3 Å². The highest BCUT2D eigenvalue weighted by molar-refractivity contribution is 5.93. The number of nitrogens with zero attached hydrogens (tertiary/aromatic N) is 1. The summed E-state index contributed by atoms with van der Waals surface area (Å²) < 4.78 is 6.30. The summed E-state index contributed by atoms with van der Waals surface area (Å²) in [5, 5.41) is 2.53. The van der Waals surface area contributed by atoms with E-state index in [9.17, 15) is 0 Å². The molecule has 3 atom stereocenters. The molecule has 4 aliphatic carbocycles. The monoisotopic (exact) mass is 685 g/mol. The van der Waals surface area contributed by atoms with Crippen molar-refractivity contribution in [2.45, 2.75) is 50.5 Å². The Labute approximate surface area is 313 Å². The molecule has 5 aromatic carbocycles. The lowest BCUT2D eigenvalue weighted by atomic mass is 9.79. The van der Waals surface area contributed by atoms with Gasteiger partial charge in [-0.15, -0.1) is 0 Å². The molecule has 2 nitrogen and oxygen atoms in total. The minimum atomic E-state index is 0.0938. The lowest BCUT2D eigenvalue weighted by molar-refractivity contribution is 0.269. The summed E-state index contributed by atoms with van der Waals surface area (Å²) in [6.45, 7) is 0. The summed E-state index contributed by atoms with van der Waals surface area (Å²) in [7, 11) is 0. The molecule has 5 aromatic rings. The number of allylic oxidation sites excluding steroid dienone is 11. The van der Waals surface area contributed by atoms with Crippen molar-refractivity contribution in [1.29, 1.82) is 0 Å². The van der Waals surface area contributed by atoms with Crippen LogP contribution in [0.25, 0.3) is 33.0 Å². The van der Waals surface area contributed by atoms with E-state index in [4.69, 9.17) is 4.74 Å². The maximum atomic E-state index is 6.30. The number of ether oxygens (including phenoxy) is 1. The molecule has 258 valence electrons. The van der Waals surface area contributed by atoms with Crippen molar-refractivity contribution in [3.8, 4) is 28.0 Å². The molecular formula is C51H43NO. The predicted octanol–water partition coefficient (Wildman–Crippen LogP) is 13.5. The van der Waals surface area contributed by atoms with Crippen LogP contribution in [-0.4, -0.2) is 6.10 Å². The molecule has 0 fully saturated rings. The highest BCUT2D eigenvalue weighted by Gasteiger charge is 2.33. The van der Waals surface area contributed by atoms with Crippen molar-refractivity contribution in [3.05, 3.63) is 198 Å². The minimum Gasteiger partial charge on any atom is -0.485 e. The Morgan fingerprint density at radius 2 is 1.51 bits per heavy atom. The average molecular weight is 686 g/mol. The third kappa shape index (κ3) is 5.83. The number of hydrogen-bond acceptors (Lipinski definition) is 2. The topological polar surface area (TPSA) is 12.5 Å². The fourth-order valence-electron chi connectivity index (χ4n) is 9.16. The van der Waals surface area contributed by atoms with Gasteiger partial charge in [-0.3, -0.25) is 0 Å². The van der Waals surface area contributed by atoms with Crippen LogP contribution in [0.1, 0.15) is 50.0 Å². The third-order valence-electron chi connectivity index (χ3n) is 11.8. The Morgan fingerprint density at radius 3 is 2.40 bits per heavy atom. The highest BCUT2D eigenvalue weighted by Crippen LogP contribution is 2.46. The van der Waals surface area contributed by atoms with Crippen molar-refractivity contribution < 1.29 is 4.74 Å². The molecule has 0 amide bonds. The molecule has 0 N–H and O–H groups in total. The minimum absolute atomic E-state index is 0.0938. The first-order valence-electron chi connectivity index (χ1n) is 19.4. The maximum absolute atomic E-state index is 6.30. The molecule has 0 saturated heterocycles. The summed E-state index contributed by atoms with van der Waals surface area (Å²) >= 11 is 0. The van der Waals surface area contributed by atoms with E-state index < -0.39 is 0 Å².